The van der Waals surface area contributed by atoms with Gasteiger partial charge in [-0.15, -0.1) is 0 Å². The number of carbonyl (C=O) groups is 1. The standard InChI is InChI=1S/C15H13FN2O2/c16-10-1-3-12(14(19)8-10)15(20)18-11-2-4-13-9(7-11)5-6-17-13/h1-4,7-8,17,19H,5-6H2,(H,18,20). The van der Waals surface area contributed by atoms with E-state index in [0.29, 0.717) is 5.69 Å². The minimum absolute atomic E-state index is 0.0463. The number of carbonyl (C=O) groups excluding carboxylic acids is 1. The number of amides is 1. The second-order valence-electron chi connectivity index (χ2n) is 4.66. The maximum atomic E-state index is 12.9. The molecule has 0 saturated carbocycles. The number of anilines is 2. The first-order valence-corrected chi connectivity index (χ1v) is 6.30. The quantitative estimate of drug-likeness (QED) is 0.787. The zero-order chi connectivity index (χ0) is 14.1. The fourth-order valence-electron chi connectivity index (χ4n) is 2.28. The first-order valence-electron chi connectivity index (χ1n) is 6.30. The molecular weight excluding hydrogens is 259 g/mol. The van der Waals surface area contributed by atoms with E-state index in [9.17, 15) is 14.3 Å². The van der Waals surface area contributed by atoms with E-state index in [1.54, 1.807) is 6.07 Å². The first-order chi connectivity index (χ1) is 9.63. The Morgan fingerprint density at radius 3 is 2.90 bits per heavy atom. The van der Waals surface area contributed by atoms with Gasteiger partial charge in [0.2, 0.25) is 0 Å². The summed E-state index contributed by atoms with van der Waals surface area (Å²) in [4.78, 5) is 12.0. The molecule has 0 atom stereocenters. The first kappa shape index (κ1) is 12.5. The second kappa shape index (κ2) is 4.85. The van der Waals surface area contributed by atoms with Crippen molar-refractivity contribution in [2.45, 2.75) is 6.42 Å². The lowest BCUT2D eigenvalue weighted by molar-refractivity contribution is 0.102. The van der Waals surface area contributed by atoms with Crippen LogP contribution in [0.3, 0.4) is 0 Å². The fraction of sp³-hybridized carbons (Fsp3) is 0.133. The van der Waals surface area contributed by atoms with E-state index in [-0.39, 0.29) is 11.3 Å². The van der Waals surface area contributed by atoms with Crippen molar-refractivity contribution in [2.75, 3.05) is 17.2 Å². The third-order valence-corrected chi connectivity index (χ3v) is 3.28. The molecule has 0 saturated heterocycles. The van der Waals surface area contributed by atoms with Gasteiger partial charge in [-0.1, -0.05) is 0 Å². The summed E-state index contributed by atoms with van der Waals surface area (Å²) in [5.74, 6) is -1.42. The Kier molecular flexibility index (Phi) is 3.02. The Labute approximate surface area is 115 Å². The number of benzene rings is 2. The summed E-state index contributed by atoms with van der Waals surface area (Å²) >= 11 is 0. The van der Waals surface area contributed by atoms with Gasteiger partial charge in [-0.05, 0) is 42.3 Å². The lowest BCUT2D eigenvalue weighted by Crippen LogP contribution is -2.12. The van der Waals surface area contributed by atoms with E-state index in [4.69, 9.17) is 0 Å². The van der Waals surface area contributed by atoms with Crippen LogP contribution in [0.5, 0.6) is 5.75 Å². The normalized spacial score (nSPS) is 12.7. The molecule has 0 bridgehead atoms. The molecule has 1 heterocycles. The van der Waals surface area contributed by atoms with E-state index >= 15 is 0 Å². The third kappa shape index (κ3) is 2.30. The molecule has 4 nitrogen and oxygen atoms in total. The Morgan fingerprint density at radius 2 is 2.10 bits per heavy atom. The van der Waals surface area contributed by atoms with Crippen LogP contribution in [0, 0.1) is 5.82 Å². The van der Waals surface area contributed by atoms with E-state index in [0.717, 1.165) is 36.3 Å². The lowest BCUT2D eigenvalue weighted by Gasteiger charge is -2.08. The smallest absolute Gasteiger partial charge is 0.259 e. The van der Waals surface area contributed by atoms with Crippen LogP contribution in [0.25, 0.3) is 0 Å². The van der Waals surface area contributed by atoms with Gasteiger partial charge in [-0.2, -0.15) is 0 Å². The van der Waals surface area contributed by atoms with Crippen LogP contribution in [0.15, 0.2) is 36.4 Å². The fourth-order valence-corrected chi connectivity index (χ4v) is 2.28. The van der Waals surface area contributed by atoms with E-state index in [1.807, 2.05) is 12.1 Å². The van der Waals surface area contributed by atoms with Crippen molar-refractivity contribution in [2.24, 2.45) is 0 Å². The molecule has 1 aliphatic rings. The van der Waals surface area contributed by atoms with Gasteiger partial charge in [0.05, 0.1) is 5.56 Å². The molecule has 3 rings (SSSR count). The summed E-state index contributed by atoms with van der Waals surface area (Å²) in [6.45, 7) is 0.894. The zero-order valence-electron chi connectivity index (χ0n) is 10.6. The maximum Gasteiger partial charge on any atom is 0.259 e. The van der Waals surface area contributed by atoms with Gasteiger partial charge in [0.1, 0.15) is 11.6 Å². The molecule has 0 fully saturated rings. The molecular formula is C15H13FN2O2. The summed E-state index contributed by atoms with van der Waals surface area (Å²) in [7, 11) is 0. The van der Waals surface area contributed by atoms with Gasteiger partial charge in [0.15, 0.2) is 0 Å². The number of hydrogen-bond donors (Lipinski definition) is 3. The van der Waals surface area contributed by atoms with Crippen LogP contribution in [-0.4, -0.2) is 17.6 Å². The van der Waals surface area contributed by atoms with Gasteiger partial charge >= 0.3 is 0 Å². The summed E-state index contributed by atoms with van der Waals surface area (Å²) < 4.78 is 12.9. The highest BCUT2D eigenvalue weighted by Crippen LogP contribution is 2.26. The number of hydrogen-bond acceptors (Lipinski definition) is 3. The van der Waals surface area contributed by atoms with Gasteiger partial charge in [0, 0.05) is 24.0 Å². The molecule has 5 heteroatoms. The SMILES string of the molecule is O=C(Nc1ccc2c(c1)CCN2)c1ccc(F)cc1O. The number of fused-ring (bicyclic) bond motifs is 1. The molecule has 0 aromatic heterocycles. The van der Waals surface area contributed by atoms with E-state index in [1.165, 1.54) is 6.07 Å². The van der Waals surface area contributed by atoms with Crippen LogP contribution in [0.2, 0.25) is 0 Å². The lowest BCUT2D eigenvalue weighted by atomic mass is 10.1. The van der Waals surface area contributed by atoms with Crippen LogP contribution >= 0.6 is 0 Å². The largest absolute Gasteiger partial charge is 0.507 e. The Hall–Kier alpha value is -2.56. The van der Waals surface area contributed by atoms with Crippen molar-refractivity contribution < 1.29 is 14.3 Å². The molecule has 102 valence electrons. The molecule has 1 amide bonds. The summed E-state index contributed by atoms with van der Waals surface area (Å²) in [5.41, 5.74) is 2.92. The highest BCUT2D eigenvalue weighted by atomic mass is 19.1. The Morgan fingerprint density at radius 1 is 1.25 bits per heavy atom. The summed E-state index contributed by atoms with van der Waals surface area (Å²) in [6.07, 6.45) is 0.918. The van der Waals surface area contributed by atoms with Crippen LogP contribution < -0.4 is 10.6 Å². The second-order valence-corrected chi connectivity index (χ2v) is 4.66. The third-order valence-electron chi connectivity index (χ3n) is 3.28. The number of nitrogens with one attached hydrogen (secondary N) is 2. The average Bonchev–Trinajstić information content (AvgIpc) is 2.85. The Bertz CT molecular complexity index is 686. The molecule has 3 N–H and O–H groups in total. The minimum atomic E-state index is -0.581. The number of aromatic hydroxyl groups is 1. The molecule has 0 radical (unpaired) electrons. The number of halogens is 1. The highest BCUT2D eigenvalue weighted by molar-refractivity contribution is 6.06. The van der Waals surface area contributed by atoms with Crippen LogP contribution in [0.1, 0.15) is 15.9 Å². The van der Waals surface area contributed by atoms with Gasteiger partial charge < -0.3 is 15.7 Å². The molecule has 2 aromatic rings. The highest BCUT2D eigenvalue weighted by Gasteiger charge is 2.14. The Balaban J connectivity index is 1.82. The zero-order valence-corrected chi connectivity index (χ0v) is 10.6. The predicted molar refractivity (Wildman–Crippen MR) is 74.7 cm³/mol. The summed E-state index contributed by atoms with van der Waals surface area (Å²) in [6, 6.07) is 8.91. The van der Waals surface area contributed by atoms with Gasteiger partial charge in [-0.25, -0.2) is 4.39 Å². The van der Waals surface area contributed by atoms with Crippen molar-refractivity contribution in [1.82, 2.24) is 0 Å². The van der Waals surface area contributed by atoms with E-state index in [2.05, 4.69) is 10.6 Å². The molecule has 0 spiro atoms. The predicted octanol–water partition coefficient (Wildman–Crippen LogP) is 2.75. The molecule has 1 aliphatic heterocycles. The topological polar surface area (TPSA) is 61.4 Å². The van der Waals surface area contributed by atoms with Crippen molar-refractivity contribution in [3.63, 3.8) is 0 Å². The molecule has 2 aromatic carbocycles. The van der Waals surface area contributed by atoms with Crippen molar-refractivity contribution in [3.8, 4) is 5.75 Å². The molecule has 20 heavy (non-hydrogen) atoms. The number of phenolic OH excluding ortho intramolecular Hbond substituents is 1. The summed E-state index contributed by atoms with van der Waals surface area (Å²) in [5, 5.41) is 15.5. The monoisotopic (exact) mass is 272 g/mol. The minimum Gasteiger partial charge on any atom is -0.507 e. The average molecular weight is 272 g/mol. The van der Waals surface area contributed by atoms with Crippen molar-refractivity contribution >= 4 is 17.3 Å². The van der Waals surface area contributed by atoms with E-state index < -0.39 is 11.7 Å². The van der Waals surface area contributed by atoms with Gasteiger partial charge in [-0.3, -0.25) is 4.79 Å². The van der Waals surface area contributed by atoms with Crippen molar-refractivity contribution in [1.29, 1.82) is 0 Å². The number of rotatable bonds is 2. The number of phenols is 1. The molecule has 0 unspecified atom stereocenters. The molecule has 0 aliphatic carbocycles. The van der Waals surface area contributed by atoms with Crippen LogP contribution in [0.4, 0.5) is 15.8 Å². The van der Waals surface area contributed by atoms with Gasteiger partial charge in [0.25, 0.3) is 5.91 Å². The maximum absolute atomic E-state index is 12.9. The van der Waals surface area contributed by atoms with Crippen LogP contribution in [-0.2, 0) is 6.42 Å². The van der Waals surface area contributed by atoms with Crippen molar-refractivity contribution in [3.05, 3.63) is 53.3 Å².